The highest BCUT2D eigenvalue weighted by Crippen LogP contribution is 2.26. The number of anilines is 1. The topological polar surface area (TPSA) is 88.4 Å². The molecule has 0 aromatic heterocycles. The standard InChI is InChI=1S/C22H24N2O4/c1-4-15(2)19-7-5-6-8-20(19)24-21(25)14-27-22(26)16(3)28-18-11-9-17(13-23)10-12-18/h5-12,15-16H,4,14H2,1-3H3,(H,24,25)/t15-,16+/m1/s1. The number of benzene rings is 2. The molecule has 0 saturated heterocycles. The SMILES string of the molecule is CC[C@@H](C)c1ccccc1NC(=O)COC(=O)[C@H](C)Oc1ccc(C#N)cc1. The Morgan fingerprint density at radius 3 is 2.43 bits per heavy atom. The van der Waals surface area contributed by atoms with Gasteiger partial charge in [0.2, 0.25) is 0 Å². The number of amides is 1. The highest BCUT2D eigenvalue weighted by Gasteiger charge is 2.18. The number of esters is 1. The molecule has 0 bridgehead atoms. The van der Waals surface area contributed by atoms with E-state index in [4.69, 9.17) is 14.7 Å². The first-order valence-electron chi connectivity index (χ1n) is 9.16. The van der Waals surface area contributed by atoms with Gasteiger partial charge < -0.3 is 14.8 Å². The lowest BCUT2D eigenvalue weighted by Gasteiger charge is -2.16. The minimum absolute atomic E-state index is 0.305. The minimum atomic E-state index is -0.881. The van der Waals surface area contributed by atoms with Gasteiger partial charge in [-0.05, 0) is 55.2 Å². The van der Waals surface area contributed by atoms with E-state index in [0.717, 1.165) is 17.7 Å². The van der Waals surface area contributed by atoms with E-state index in [2.05, 4.69) is 19.2 Å². The van der Waals surface area contributed by atoms with Crippen LogP contribution in [0.2, 0.25) is 0 Å². The van der Waals surface area contributed by atoms with Crippen molar-refractivity contribution in [3.05, 3.63) is 59.7 Å². The number of carbonyl (C=O) groups is 2. The summed E-state index contributed by atoms with van der Waals surface area (Å²) in [5, 5.41) is 11.6. The molecule has 0 aliphatic heterocycles. The van der Waals surface area contributed by atoms with Gasteiger partial charge in [-0.25, -0.2) is 4.79 Å². The van der Waals surface area contributed by atoms with Crippen molar-refractivity contribution in [2.45, 2.75) is 39.2 Å². The Morgan fingerprint density at radius 2 is 1.79 bits per heavy atom. The third kappa shape index (κ3) is 5.85. The lowest BCUT2D eigenvalue weighted by atomic mass is 9.97. The molecule has 1 amide bonds. The third-order valence-corrected chi connectivity index (χ3v) is 4.35. The van der Waals surface area contributed by atoms with Crippen LogP contribution >= 0.6 is 0 Å². The molecule has 28 heavy (non-hydrogen) atoms. The zero-order valence-electron chi connectivity index (χ0n) is 16.3. The van der Waals surface area contributed by atoms with E-state index in [1.807, 2.05) is 30.3 Å². The number of hydrogen-bond acceptors (Lipinski definition) is 5. The molecular weight excluding hydrogens is 356 g/mol. The van der Waals surface area contributed by atoms with Gasteiger partial charge in [-0.2, -0.15) is 5.26 Å². The molecule has 2 atom stereocenters. The fourth-order valence-corrected chi connectivity index (χ4v) is 2.56. The van der Waals surface area contributed by atoms with E-state index in [1.54, 1.807) is 24.3 Å². The van der Waals surface area contributed by atoms with Crippen LogP contribution in [0.5, 0.6) is 5.75 Å². The average Bonchev–Trinajstić information content (AvgIpc) is 2.72. The molecule has 6 heteroatoms. The quantitative estimate of drug-likeness (QED) is 0.699. The largest absolute Gasteiger partial charge is 0.479 e. The molecule has 146 valence electrons. The molecule has 0 radical (unpaired) electrons. The molecule has 0 aliphatic rings. The maximum atomic E-state index is 12.2. The first-order valence-corrected chi connectivity index (χ1v) is 9.16. The van der Waals surface area contributed by atoms with Gasteiger partial charge in [0.05, 0.1) is 11.6 Å². The first kappa shape index (κ1) is 21.0. The van der Waals surface area contributed by atoms with E-state index in [9.17, 15) is 9.59 Å². The van der Waals surface area contributed by atoms with E-state index < -0.39 is 24.6 Å². The number of hydrogen-bond donors (Lipinski definition) is 1. The Kier molecular flexibility index (Phi) is 7.58. The van der Waals surface area contributed by atoms with Gasteiger partial charge in [0.1, 0.15) is 5.75 Å². The van der Waals surface area contributed by atoms with Crippen molar-refractivity contribution < 1.29 is 19.1 Å². The fraction of sp³-hybridized carbons (Fsp3) is 0.318. The van der Waals surface area contributed by atoms with Crippen LogP contribution in [-0.4, -0.2) is 24.6 Å². The van der Waals surface area contributed by atoms with Crippen LogP contribution in [0.3, 0.4) is 0 Å². The summed E-state index contributed by atoms with van der Waals surface area (Å²) >= 11 is 0. The van der Waals surface area contributed by atoms with Gasteiger partial charge in [-0.1, -0.05) is 32.0 Å². The lowest BCUT2D eigenvalue weighted by Crippen LogP contribution is -2.30. The van der Waals surface area contributed by atoms with Gasteiger partial charge >= 0.3 is 5.97 Å². The molecule has 0 unspecified atom stereocenters. The highest BCUT2D eigenvalue weighted by atomic mass is 16.6. The van der Waals surface area contributed by atoms with E-state index in [-0.39, 0.29) is 0 Å². The van der Waals surface area contributed by atoms with Crippen LogP contribution in [-0.2, 0) is 14.3 Å². The van der Waals surface area contributed by atoms with Crippen molar-refractivity contribution in [2.75, 3.05) is 11.9 Å². The second-order valence-electron chi connectivity index (χ2n) is 6.45. The number of rotatable bonds is 8. The Bertz CT molecular complexity index is 856. The number of ether oxygens (including phenoxy) is 2. The lowest BCUT2D eigenvalue weighted by molar-refractivity contribution is -0.153. The van der Waals surface area contributed by atoms with Gasteiger partial charge in [-0.3, -0.25) is 4.79 Å². The number of nitrogens with one attached hydrogen (secondary N) is 1. The maximum Gasteiger partial charge on any atom is 0.347 e. The molecule has 2 rings (SSSR count). The maximum absolute atomic E-state index is 12.2. The van der Waals surface area contributed by atoms with Gasteiger partial charge in [0.25, 0.3) is 5.91 Å². The predicted molar refractivity (Wildman–Crippen MR) is 106 cm³/mol. The molecule has 0 heterocycles. The Morgan fingerprint density at radius 1 is 1.11 bits per heavy atom. The molecule has 6 nitrogen and oxygen atoms in total. The van der Waals surface area contributed by atoms with Crippen LogP contribution in [0.15, 0.2) is 48.5 Å². The van der Waals surface area contributed by atoms with E-state index >= 15 is 0 Å². The highest BCUT2D eigenvalue weighted by molar-refractivity contribution is 5.93. The van der Waals surface area contributed by atoms with Crippen molar-refractivity contribution in [2.24, 2.45) is 0 Å². The summed E-state index contributed by atoms with van der Waals surface area (Å²) in [6, 6.07) is 16.0. The van der Waals surface area contributed by atoms with Crippen LogP contribution in [0, 0.1) is 11.3 Å². The fourth-order valence-electron chi connectivity index (χ4n) is 2.56. The summed E-state index contributed by atoms with van der Waals surface area (Å²) in [5.41, 5.74) is 2.26. The van der Waals surface area contributed by atoms with Crippen molar-refractivity contribution >= 4 is 17.6 Å². The van der Waals surface area contributed by atoms with Crippen molar-refractivity contribution in [1.82, 2.24) is 0 Å². The van der Waals surface area contributed by atoms with Crippen LogP contribution < -0.4 is 10.1 Å². The molecule has 0 saturated carbocycles. The molecular formula is C22H24N2O4. The third-order valence-electron chi connectivity index (χ3n) is 4.35. The summed E-state index contributed by atoms with van der Waals surface area (Å²) in [7, 11) is 0. The van der Waals surface area contributed by atoms with Crippen molar-refractivity contribution in [3.8, 4) is 11.8 Å². The first-order chi connectivity index (χ1) is 13.4. The van der Waals surface area contributed by atoms with E-state index in [0.29, 0.717) is 17.2 Å². The molecule has 1 N–H and O–H groups in total. The number of nitriles is 1. The van der Waals surface area contributed by atoms with Crippen LogP contribution in [0.4, 0.5) is 5.69 Å². The summed E-state index contributed by atoms with van der Waals surface area (Å²) in [6.45, 7) is 5.32. The van der Waals surface area contributed by atoms with Gasteiger partial charge in [0.15, 0.2) is 12.7 Å². The Hall–Kier alpha value is -3.33. The zero-order chi connectivity index (χ0) is 20.5. The van der Waals surface area contributed by atoms with Crippen molar-refractivity contribution in [3.63, 3.8) is 0 Å². The molecule has 0 fully saturated rings. The molecule has 2 aromatic carbocycles. The number of para-hydroxylation sites is 1. The van der Waals surface area contributed by atoms with Crippen LogP contribution in [0.1, 0.15) is 44.2 Å². The smallest absolute Gasteiger partial charge is 0.347 e. The number of nitrogens with zero attached hydrogens (tertiary/aromatic N) is 1. The minimum Gasteiger partial charge on any atom is -0.479 e. The van der Waals surface area contributed by atoms with Crippen molar-refractivity contribution in [1.29, 1.82) is 5.26 Å². The second-order valence-corrected chi connectivity index (χ2v) is 6.45. The normalized spacial score (nSPS) is 12.4. The number of carbonyl (C=O) groups excluding carboxylic acids is 2. The monoisotopic (exact) mass is 380 g/mol. The second kappa shape index (κ2) is 10.1. The predicted octanol–water partition coefficient (Wildman–Crippen LogP) is 4.02. The summed E-state index contributed by atoms with van der Waals surface area (Å²) in [4.78, 5) is 24.2. The van der Waals surface area contributed by atoms with Gasteiger partial charge in [-0.15, -0.1) is 0 Å². The van der Waals surface area contributed by atoms with Crippen LogP contribution in [0.25, 0.3) is 0 Å². The molecule has 0 spiro atoms. The van der Waals surface area contributed by atoms with E-state index in [1.165, 1.54) is 6.92 Å². The molecule has 0 aliphatic carbocycles. The zero-order valence-corrected chi connectivity index (χ0v) is 16.3. The Balaban J connectivity index is 1.86. The Labute approximate surface area is 165 Å². The summed E-state index contributed by atoms with van der Waals surface area (Å²) < 4.78 is 10.5. The van der Waals surface area contributed by atoms with Gasteiger partial charge in [0, 0.05) is 5.69 Å². The summed E-state index contributed by atoms with van der Waals surface area (Å²) in [6.07, 6.45) is 0.0691. The summed E-state index contributed by atoms with van der Waals surface area (Å²) in [5.74, 6) is -0.306. The average molecular weight is 380 g/mol. The molecule has 2 aromatic rings.